The third kappa shape index (κ3) is 3.16. The van der Waals surface area contributed by atoms with Crippen LogP contribution in [0.1, 0.15) is 45.7 Å². The van der Waals surface area contributed by atoms with Crippen molar-refractivity contribution in [3.8, 4) is 0 Å². The van der Waals surface area contributed by atoms with Gasteiger partial charge in [0.05, 0.1) is 11.2 Å². The first-order valence-corrected chi connectivity index (χ1v) is 7.32. The average molecular weight is 272 g/mol. The summed E-state index contributed by atoms with van der Waals surface area (Å²) in [5.41, 5.74) is 1.97. The van der Waals surface area contributed by atoms with Gasteiger partial charge < -0.3 is 9.31 Å². The fourth-order valence-corrected chi connectivity index (χ4v) is 2.23. The standard InChI is InChI=1S/C17H25BO2/c1-13-8-7-9-15(12-13)11-10-14(2)18-19-16(3,4)17(5,6)20-18/h7-12,14H,1-6H3/b11-10-. The molecule has 20 heavy (non-hydrogen) atoms. The monoisotopic (exact) mass is 272 g/mol. The van der Waals surface area contributed by atoms with E-state index in [1.165, 1.54) is 11.1 Å². The number of hydrogen-bond donors (Lipinski definition) is 0. The molecule has 0 spiro atoms. The van der Waals surface area contributed by atoms with E-state index in [0.29, 0.717) is 0 Å². The fourth-order valence-electron chi connectivity index (χ4n) is 2.23. The highest BCUT2D eigenvalue weighted by Gasteiger charge is 2.52. The van der Waals surface area contributed by atoms with Crippen LogP contribution in [-0.4, -0.2) is 18.3 Å². The Kier molecular flexibility index (Phi) is 4.13. The summed E-state index contributed by atoms with van der Waals surface area (Å²) in [6.45, 7) is 12.6. The SMILES string of the molecule is Cc1cccc(/C=C\C(C)B2OC(C)(C)C(C)(C)O2)c1. The van der Waals surface area contributed by atoms with Gasteiger partial charge in [-0.1, -0.05) is 48.9 Å². The summed E-state index contributed by atoms with van der Waals surface area (Å²) in [5, 5.41) is 0. The van der Waals surface area contributed by atoms with Crippen molar-refractivity contribution in [3.63, 3.8) is 0 Å². The zero-order valence-electron chi connectivity index (χ0n) is 13.4. The lowest BCUT2D eigenvalue weighted by Crippen LogP contribution is -2.41. The first kappa shape index (κ1) is 15.3. The Morgan fingerprint density at radius 3 is 2.25 bits per heavy atom. The summed E-state index contributed by atoms with van der Waals surface area (Å²) >= 11 is 0. The van der Waals surface area contributed by atoms with Crippen molar-refractivity contribution in [2.75, 3.05) is 0 Å². The van der Waals surface area contributed by atoms with E-state index >= 15 is 0 Å². The molecule has 1 aliphatic rings. The predicted octanol–water partition coefficient (Wildman–Crippen LogP) is 4.49. The molecule has 0 amide bonds. The number of benzene rings is 1. The van der Waals surface area contributed by atoms with Gasteiger partial charge in [-0.15, -0.1) is 0 Å². The summed E-state index contributed by atoms with van der Waals surface area (Å²) in [6.07, 6.45) is 4.31. The molecule has 0 saturated carbocycles. The molecule has 1 atom stereocenters. The largest absolute Gasteiger partial charge is 0.464 e. The Bertz CT molecular complexity index is 489. The summed E-state index contributed by atoms with van der Waals surface area (Å²) < 4.78 is 12.1. The van der Waals surface area contributed by atoms with Gasteiger partial charge in [-0.2, -0.15) is 0 Å². The van der Waals surface area contributed by atoms with Crippen LogP contribution in [0.4, 0.5) is 0 Å². The normalized spacial score (nSPS) is 22.4. The number of aryl methyl sites for hydroxylation is 1. The van der Waals surface area contributed by atoms with E-state index in [1.807, 2.05) is 0 Å². The summed E-state index contributed by atoms with van der Waals surface area (Å²) in [7, 11) is -0.180. The van der Waals surface area contributed by atoms with Gasteiger partial charge in [0.2, 0.25) is 0 Å². The van der Waals surface area contributed by atoms with E-state index in [-0.39, 0.29) is 24.1 Å². The van der Waals surface area contributed by atoms with E-state index in [4.69, 9.17) is 9.31 Å². The highest BCUT2D eigenvalue weighted by molar-refractivity contribution is 6.48. The molecule has 2 rings (SSSR count). The molecule has 0 aliphatic carbocycles. The average Bonchev–Trinajstić information content (AvgIpc) is 2.56. The summed E-state index contributed by atoms with van der Waals surface area (Å²) in [6, 6.07) is 8.47. The van der Waals surface area contributed by atoms with Crippen LogP contribution < -0.4 is 0 Å². The molecule has 0 aromatic heterocycles. The third-order valence-electron chi connectivity index (χ3n) is 4.34. The van der Waals surface area contributed by atoms with Gasteiger partial charge in [-0.25, -0.2) is 0 Å². The maximum atomic E-state index is 6.06. The molecule has 1 saturated heterocycles. The maximum absolute atomic E-state index is 6.06. The van der Waals surface area contributed by atoms with Crippen molar-refractivity contribution >= 4 is 13.2 Å². The first-order chi connectivity index (χ1) is 9.21. The molecular weight excluding hydrogens is 247 g/mol. The van der Waals surface area contributed by atoms with Gasteiger partial charge in [0.15, 0.2) is 0 Å². The molecule has 0 radical (unpaired) electrons. The summed E-state index contributed by atoms with van der Waals surface area (Å²) in [5.74, 6) is 0.219. The molecule has 1 unspecified atom stereocenters. The lowest BCUT2D eigenvalue weighted by molar-refractivity contribution is 0.00578. The zero-order chi connectivity index (χ0) is 15.0. The van der Waals surface area contributed by atoms with Crippen LogP contribution >= 0.6 is 0 Å². The van der Waals surface area contributed by atoms with E-state index in [0.717, 1.165) is 0 Å². The Balaban J connectivity index is 2.05. The second kappa shape index (κ2) is 5.38. The minimum Gasteiger partial charge on any atom is -0.403 e. The van der Waals surface area contributed by atoms with Crippen LogP contribution in [0.5, 0.6) is 0 Å². The van der Waals surface area contributed by atoms with Gasteiger partial charge in [0.25, 0.3) is 0 Å². The van der Waals surface area contributed by atoms with E-state index < -0.39 is 0 Å². The van der Waals surface area contributed by atoms with Crippen LogP contribution in [0, 0.1) is 6.92 Å². The number of allylic oxidation sites excluding steroid dienone is 1. The zero-order valence-corrected chi connectivity index (χ0v) is 13.4. The van der Waals surface area contributed by atoms with Crippen LogP contribution in [-0.2, 0) is 9.31 Å². The molecule has 3 heteroatoms. The van der Waals surface area contributed by atoms with Crippen LogP contribution in [0.3, 0.4) is 0 Å². The molecule has 0 N–H and O–H groups in total. The summed E-state index contributed by atoms with van der Waals surface area (Å²) in [4.78, 5) is 0. The van der Waals surface area contributed by atoms with Gasteiger partial charge >= 0.3 is 7.12 Å². The minimum absolute atomic E-state index is 0.180. The van der Waals surface area contributed by atoms with E-state index in [1.54, 1.807) is 0 Å². The second-order valence-corrected chi connectivity index (χ2v) is 6.76. The minimum atomic E-state index is -0.261. The van der Waals surface area contributed by atoms with Crippen molar-refractivity contribution in [2.24, 2.45) is 0 Å². The van der Waals surface area contributed by atoms with Gasteiger partial charge in [0.1, 0.15) is 0 Å². The van der Waals surface area contributed by atoms with Crippen LogP contribution in [0.15, 0.2) is 30.3 Å². The van der Waals surface area contributed by atoms with Crippen molar-refractivity contribution < 1.29 is 9.31 Å². The van der Waals surface area contributed by atoms with E-state index in [2.05, 4.69) is 78.0 Å². The molecular formula is C17H25BO2. The maximum Gasteiger partial charge on any atom is 0.464 e. The van der Waals surface area contributed by atoms with Crippen molar-refractivity contribution in [1.82, 2.24) is 0 Å². The van der Waals surface area contributed by atoms with Crippen LogP contribution in [0.25, 0.3) is 6.08 Å². The van der Waals surface area contributed by atoms with E-state index in [9.17, 15) is 0 Å². The third-order valence-corrected chi connectivity index (χ3v) is 4.34. The second-order valence-electron chi connectivity index (χ2n) is 6.76. The highest BCUT2D eigenvalue weighted by Crippen LogP contribution is 2.40. The number of rotatable bonds is 3. The van der Waals surface area contributed by atoms with Crippen LogP contribution in [0.2, 0.25) is 5.82 Å². The van der Waals surface area contributed by atoms with Crippen molar-refractivity contribution in [1.29, 1.82) is 0 Å². The molecule has 0 bridgehead atoms. The molecule has 1 aromatic carbocycles. The predicted molar refractivity (Wildman–Crippen MR) is 85.7 cm³/mol. The van der Waals surface area contributed by atoms with Gasteiger partial charge in [-0.3, -0.25) is 0 Å². The quantitative estimate of drug-likeness (QED) is 0.755. The lowest BCUT2D eigenvalue weighted by atomic mass is 9.73. The van der Waals surface area contributed by atoms with Gasteiger partial charge in [-0.05, 0) is 40.2 Å². The lowest BCUT2D eigenvalue weighted by Gasteiger charge is -2.32. The highest BCUT2D eigenvalue weighted by atomic mass is 16.7. The Hall–Kier alpha value is -1.06. The molecule has 108 valence electrons. The first-order valence-electron chi connectivity index (χ1n) is 7.32. The number of hydrogen-bond acceptors (Lipinski definition) is 2. The van der Waals surface area contributed by atoms with Gasteiger partial charge in [0, 0.05) is 5.82 Å². The Morgan fingerprint density at radius 2 is 1.70 bits per heavy atom. The molecule has 1 heterocycles. The topological polar surface area (TPSA) is 18.5 Å². The molecule has 1 aliphatic heterocycles. The Labute approximate surface area is 123 Å². The fraction of sp³-hybridized carbons (Fsp3) is 0.529. The van der Waals surface area contributed by atoms with Crippen molar-refractivity contribution in [2.45, 2.75) is 58.6 Å². The van der Waals surface area contributed by atoms with Crippen molar-refractivity contribution in [3.05, 3.63) is 41.5 Å². The molecule has 1 aromatic rings. The molecule has 2 nitrogen and oxygen atoms in total. The Morgan fingerprint density at radius 1 is 1.10 bits per heavy atom. The smallest absolute Gasteiger partial charge is 0.403 e. The molecule has 1 fully saturated rings.